The molecule has 0 aliphatic heterocycles. The summed E-state index contributed by atoms with van der Waals surface area (Å²) < 4.78 is 71.1. The van der Waals surface area contributed by atoms with Crippen molar-refractivity contribution in [2.24, 2.45) is 0 Å². The molecule has 0 aliphatic rings. The smallest absolute Gasteiger partial charge is 0.416 e. The number of esters is 1. The highest BCUT2D eigenvalue weighted by molar-refractivity contribution is 5.97. The van der Waals surface area contributed by atoms with Gasteiger partial charge in [0, 0.05) is 5.69 Å². The van der Waals surface area contributed by atoms with Crippen molar-refractivity contribution in [3.63, 3.8) is 0 Å². The van der Waals surface area contributed by atoms with Gasteiger partial charge in [-0.05, 0) is 49.4 Å². The highest BCUT2D eigenvalue weighted by atomic mass is 19.4. The molecule has 0 spiro atoms. The fourth-order valence-electron chi connectivity index (χ4n) is 2.07. The van der Waals surface area contributed by atoms with Crippen LogP contribution >= 0.6 is 0 Å². The number of benzene rings is 2. The predicted molar refractivity (Wildman–Crippen MR) is 88.0 cm³/mol. The van der Waals surface area contributed by atoms with Crippen LogP contribution in [0.3, 0.4) is 0 Å². The Morgan fingerprint density at radius 2 is 1.68 bits per heavy atom. The van der Waals surface area contributed by atoms with Crippen LogP contribution in [0.25, 0.3) is 0 Å². The predicted octanol–water partition coefficient (Wildman–Crippen LogP) is 4.49. The van der Waals surface area contributed by atoms with Crippen LogP contribution in [-0.4, -0.2) is 24.6 Å². The first kappa shape index (κ1) is 21.1. The second-order valence-corrected chi connectivity index (χ2v) is 5.52. The first-order valence-electron chi connectivity index (χ1n) is 7.80. The van der Waals surface area contributed by atoms with Crippen molar-refractivity contribution in [2.45, 2.75) is 25.8 Å². The first-order chi connectivity index (χ1) is 13.1. The topological polar surface area (TPSA) is 64.6 Å². The largest absolute Gasteiger partial charge is 0.449 e. The fourth-order valence-corrected chi connectivity index (χ4v) is 2.07. The van der Waals surface area contributed by atoms with Gasteiger partial charge in [0.05, 0.1) is 11.1 Å². The molecule has 0 bridgehead atoms. The molecule has 1 N–H and O–H groups in total. The number of nitrogens with one attached hydrogen (secondary N) is 1. The maximum Gasteiger partial charge on any atom is 0.416 e. The van der Waals surface area contributed by atoms with E-state index in [1.165, 1.54) is 25.1 Å². The lowest BCUT2D eigenvalue weighted by Gasteiger charge is -2.14. The Morgan fingerprint density at radius 3 is 2.25 bits per heavy atom. The molecule has 1 amide bonds. The number of ether oxygens (including phenoxy) is 2. The van der Waals surface area contributed by atoms with Gasteiger partial charge in [-0.2, -0.15) is 22.0 Å². The van der Waals surface area contributed by atoms with Crippen LogP contribution in [0.1, 0.15) is 22.8 Å². The van der Waals surface area contributed by atoms with E-state index in [1.54, 1.807) is 0 Å². The molecule has 1 unspecified atom stereocenters. The minimum Gasteiger partial charge on any atom is -0.449 e. The maximum absolute atomic E-state index is 12.5. The van der Waals surface area contributed by atoms with Gasteiger partial charge >= 0.3 is 18.8 Å². The molecule has 5 nitrogen and oxygen atoms in total. The lowest BCUT2D eigenvalue weighted by Crippen LogP contribution is -2.30. The van der Waals surface area contributed by atoms with E-state index in [2.05, 4.69) is 10.1 Å². The Kier molecular flexibility index (Phi) is 6.55. The molecule has 10 heteroatoms. The van der Waals surface area contributed by atoms with Crippen molar-refractivity contribution in [1.29, 1.82) is 0 Å². The van der Waals surface area contributed by atoms with Gasteiger partial charge in [0.25, 0.3) is 5.91 Å². The monoisotopic (exact) mass is 403 g/mol. The van der Waals surface area contributed by atoms with E-state index in [1.807, 2.05) is 0 Å². The zero-order chi connectivity index (χ0) is 20.9. The Hall–Kier alpha value is -3.17. The molecule has 150 valence electrons. The standard InChI is InChI=1S/C18H14F5NO4/c1-10(15(25)24-13-7-5-12(6-8-13)18(21,22)23)27-16(26)11-3-2-4-14(9-11)28-17(19)20/h2-10,17H,1H3,(H,24,25). The third kappa shape index (κ3) is 5.93. The summed E-state index contributed by atoms with van der Waals surface area (Å²) in [4.78, 5) is 24.1. The highest BCUT2D eigenvalue weighted by Crippen LogP contribution is 2.29. The van der Waals surface area contributed by atoms with Crippen molar-refractivity contribution >= 4 is 17.6 Å². The maximum atomic E-state index is 12.5. The second kappa shape index (κ2) is 8.68. The molecule has 1 atom stereocenters. The van der Waals surface area contributed by atoms with Crippen LogP contribution in [-0.2, 0) is 15.7 Å². The Balaban J connectivity index is 1.97. The number of rotatable bonds is 6. The Morgan fingerprint density at radius 1 is 1.04 bits per heavy atom. The van der Waals surface area contributed by atoms with E-state index in [9.17, 15) is 31.5 Å². The van der Waals surface area contributed by atoms with Gasteiger partial charge in [0.15, 0.2) is 6.10 Å². The van der Waals surface area contributed by atoms with Crippen LogP contribution in [0.15, 0.2) is 48.5 Å². The van der Waals surface area contributed by atoms with Crippen LogP contribution in [0.2, 0.25) is 0 Å². The summed E-state index contributed by atoms with van der Waals surface area (Å²) in [7, 11) is 0. The van der Waals surface area contributed by atoms with Gasteiger partial charge in [-0.15, -0.1) is 0 Å². The summed E-state index contributed by atoms with van der Waals surface area (Å²) >= 11 is 0. The summed E-state index contributed by atoms with van der Waals surface area (Å²) in [6, 6.07) is 8.50. The van der Waals surface area contributed by atoms with E-state index < -0.39 is 36.3 Å². The van der Waals surface area contributed by atoms with Gasteiger partial charge in [-0.3, -0.25) is 4.79 Å². The third-order valence-electron chi connectivity index (χ3n) is 3.43. The molecule has 0 radical (unpaired) electrons. The van der Waals surface area contributed by atoms with Gasteiger partial charge in [-0.1, -0.05) is 6.07 Å². The molecule has 0 aromatic heterocycles. The van der Waals surface area contributed by atoms with Crippen molar-refractivity contribution in [1.82, 2.24) is 0 Å². The zero-order valence-electron chi connectivity index (χ0n) is 14.3. The number of anilines is 1. The number of hydrogen-bond donors (Lipinski definition) is 1. The van der Waals surface area contributed by atoms with E-state index in [0.29, 0.717) is 0 Å². The SMILES string of the molecule is CC(OC(=O)c1cccc(OC(F)F)c1)C(=O)Nc1ccc(C(F)(F)F)cc1. The molecule has 0 fully saturated rings. The number of halogens is 5. The van der Waals surface area contributed by atoms with E-state index in [0.717, 1.165) is 30.3 Å². The number of alkyl halides is 5. The van der Waals surface area contributed by atoms with Gasteiger partial charge in [-0.25, -0.2) is 4.79 Å². The zero-order valence-corrected chi connectivity index (χ0v) is 14.3. The molecule has 28 heavy (non-hydrogen) atoms. The molecule has 2 rings (SSSR count). The van der Waals surface area contributed by atoms with Gasteiger partial charge in [0.1, 0.15) is 5.75 Å². The lowest BCUT2D eigenvalue weighted by molar-refractivity contribution is -0.137. The second-order valence-electron chi connectivity index (χ2n) is 5.52. The van der Waals surface area contributed by atoms with Crippen molar-refractivity contribution in [2.75, 3.05) is 5.32 Å². The normalized spacial score (nSPS) is 12.4. The highest BCUT2D eigenvalue weighted by Gasteiger charge is 2.30. The van der Waals surface area contributed by atoms with E-state index in [4.69, 9.17) is 4.74 Å². The Bertz CT molecular complexity index is 837. The minimum atomic E-state index is -4.51. The molecular weight excluding hydrogens is 389 g/mol. The third-order valence-corrected chi connectivity index (χ3v) is 3.43. The molecule has 2 aromatic carbocycles. The molecule has 0 saturated carbocycles. The Labute approximate surface area is 156 Å². The van der Waals surface area contributed by atoms with Crippen LogP contribution < -0.4 is 10.1 Å². The summed E-state index contributed by atoms with van der Waals surface area (Å²) in [5.74, 6) is -2.01. The summed E-state index contributed by atoms with van der Waals surface area (Å²) in [5.41, 5.74) is -0.920. The van der Waals surface area contributed by atoms with E-state index in [-0.39, 0.29) is 17.0 Å². The van der Waals surface area contributed by atoms with Gasteiger partial charge in [0.2, 0.25) is 0 Å². The fraction of sp³-hybridized carbons (Fsp3) is 0.222. The lowest BCUT2D eigenvalue weighted by atomic mass is 10.2. The molecule has 2 aromatic rings. The molecule has 0 heterocycles. The van der Waals surface area contributed by atoms with Crippen LogP contribution in [0, 0.1) is 0 Å². The van der Waals surface area contributed by atoms with Crippen LogP contribution in [0.4, 0.5) is 27.6 Å². The molecule has 0 aliphatic carbocycles. The van der Waals surface area contributed by atoms with Crippen LogP contribution in [0.5, 0.6) is 5.75 Å². The summed E-state index contributed by atoms with van der Waals surface area (Å²) in [6.45, 7) is -1.82. The van der Waals surface area contributed by atoms with Gasteiger partial charge < -0.3 is 14.8 Å². The van der Waals surface area contributed by atoms with E-state index >= 15 is 0 Å². The van der Waals surface area contributed by atoms with Crippen molar-refractivity contribution in [3.8, 4) is 5.75 Å². The minimum absolute atomic E-state index is 0.0771. The number of hydrogen-bond acceptors (Lipinski definition) is 4. The van der Waals surface area contributed by atoms with Crippen molar-refractivity contribution in [3.05, 3.63) is 59.7 Å². The number of amides is 1. The summed E-state index contributed by atoms with van der Waals surface area (Å²) in [6.07, 6.45) is -5.80. The molecular formula is C18H14F5NO4. The first-order valence-corrected chi connectivity index (χ1v) is 7.80. The summed E-state index contributed by atoms with van der Waals surface area (Å²) in [5, 5.41) is 2.31. The quantitative estimate of drug-likeness (QED) is 0.570. The average Bonchev–Trinajstić information content (AvgIpc) is 2.61. The number of carbonyl (C=O) groups is 2. The molecule has 0 saturated heterocycles. The number of carbonyl (C=O) groups excluding carboxylic acids is 2. The van der Waals surface area contributed by atoms with Crippen molar-refractivity contribution < 1.29 is 41.0 Å². The average molecular weight is 403 g/mol.